The van der Waals surface area contributed by atoms with Crippen molar-refractivity contribution < 1.29 is 4.74 Å². The summed E-state index contributed by atoms with van der Waals surface area (Å²) in [6.45, 7) is 3.24. The second kappa shape index (κ2) is 7.35. The first-order chi connectivity index (χ1) is 7.90. The monoisotopic (exact) mass is 257 g/mol. The largest absolute Gasteiger partial charge is 0.493 e. The molecule has 0 saturated carbocycles. The SMILES string of the molecule is COc1cccnc1NCC1CCNCC1.Cl. The summed E-state index contributed by atoms with van der Waals surface area (Å²) in [5.74, 6) is 2.41. The van der Waals surface area contributed by atoms with E-state index in [0.717, 1.165) is 37.1 Å². The Balaban J connectivity index is 0.00000144. The number of nitrogens with zero attached hydrogens (tertiary/aromatic N) is 1. The van der Waals surface area contributed by atoms with Crippen LogP contribution in [0.15, 0.2) is 18.3 Å². The lowest BCUT2D eigenvalue weighted by Gasteiger charge is -2.23. The third-order valence-corrected chi connectivity index (χ3v) is 3.01. The maximum atomic E-state index is 5.25. The van der Waals surface area contributed by atoms with Gasteiger partial charge in [0.25, 0.3) is 0 Å². The first-order valence-corrected chi connectivity index (χ1v) is 5.83. The Morgan fingerprint density at radius 3 is 2.94 bits per heavy atom. The number of aromatic nitrogens is 1. The minimum atomic E-state index is 0. The lowest BCUT2D eigenvalue weighted by molar-refractivity contribution is 0.387. The normalized spacial score (nSPS) is 16.1. The molecule has 2 rings (SSSR count). The molecule has 0 atom stereocenters. The van der Waals surface area contributed by atoms with Crippen molar-refractivity contribution >= 4 is 18.2 Å². The minimum absolute atomic E-state index is 0. The molecule has 0 amide bonds. The zero-order valence-corrected chi connectivity index (χ0v) is 10.9. The van der Waals surface area contributed by atoms with Gasteiger partial charge in [0.15, 0.2) is 11.6 Å². The van der Waals surface area contributed by atoms with E-state index in [1.165, 1.54) is 12.8 Å². The second-order valence-corrected chi connectivity index (χ2v) is 4.13. The summed E-state index contributed by atoms with van der Waals surface area (Å²) >= 11 is 0. The number of nitrogens with one attached hydrogen (secondary N) is 2. The van der Waals surface area contributed by atoms with Crippen LogP contribution in [-0.2, 0) is 0 Å². The van der Waals surface area contributed by atoms with E-state index in [0.29, 0.717) is 0 Å². The third kappa shape index (κ3) is 4.06. The fraction of sp³-hybridized carbons (Fsp3) is 0.583. The van der Waals surface area contributed by atoms with Crippen molar-refractivity contribution in [3.05, 3.63) is 18.3 Å². The Kier molecular flexibility index (Phi) is 6.08. The number of hydrogen-bond acceptors (Lipinski definition) is 4. The second-order valence-electron chi connectivity index (χ2n) is 4.13. The molecule has 1 aromatic rings. The van der Waals surface area contributed by atoms with Crippen LogP contribution in [0.4, 0.5) is 5.82 Å². The minimum Gasteiger partial charge on any atom is -0.493 e. The van der Waals surface area contributed by atoms with Crippen LogP contribution in [0.2, 0.25) is 0 Å². The number of halogens is 1. The molecule has 1 fully saturated rings. The van der Waals surface area contributed by atoms with Gasteiger partial charge in [-0.25, -0.2) is 4.98 Å². The van der Waals surface area contributed by atoms with Crippen molar-refractivity contribution in [2.45, 2.75) is 12.8 Å². The third-order valence-electron chi connectivity index (χ3n) is 3.01. The van der Waals surface area contributed by atoms with Gasteiger partial charge in [-0.1, -0.05) is 0 Å². The summed E-state index contributed by atoms with van der Waals surface area (Å²) in [6.07, 6.45) is 4.26. The molecule has 4 nitrogen and oxygen atoms in total. The van der Waals surface area contributed by atoms with E-state index in [2.05, 4.69) is 15.6 Å². The molecule has 0 radical (unpaired) electrons. The molecule has 2 heterocycles. The van der Waals surface area contributed by atoms with Crippen molar-refractivity contribution in [1.29, 1.82) is 0 Å². The first kappa shape index (κ1) is 14.1. The first-order valence-electron chi connectivity index (χ1n) is 5.83. The summed E-state index contributed by atoms with van der Waals surface area (Å²) in [6, 6.07) is 3.81. The number of ether oxygens (including phenoxy) is 1. The molecule has 1 aromatic heterocycles. The highest BCUT2D eigenvalue weighted by molar-refractivity contribution is 5.85. The fourth-order valence-corrected chi connectivity index (χ4v) is 2.01. The number of piperidine rings is 1. The standard InChI is InChI=1S/C12H19N3O.ClH/c1-16-11-3-2-6-14-12(11)15-9-10-4-7-13-8-5-10;/h2-3,6,10,13H,4-5,7-9H2,1H3,(H,14,15);1H. The van der Waals surface area contributed by atoms with Crippen molar-refractivity contribution in [3.63, 3.8) is 0 Å². The lowest BCUT2D eigenvalue weighted by atomic mass is 9.98. The van der Waals surface area contributed by atoms with Crippen LogP contribution in [0.1, 0.15) is 12.8 Å². The molecule has 2 N–H and O–H groups in total. The van der Waals surface area contributed by atoms with Gasteiger partial charge in [0.05, 0.1) is 7.11 Å². The average Bonchev–Trinajstić information content (AvgIpc) is 2.38. The van der Waals surface area contributed by atoms with Gasteiger partial charge in [0, 0.05) is 12.7 Å². The molecule has 0 aliphatic carbocycles. The van der Waals surface area contributed by atoms with Gasteiger partial charge in [-0.2, -0.15) is 0 Å². The summed E-state index contributed by atoms with van der Waals surface area (Å²) in [5, 5.41) is 6.74. The maximum Gasteiger partial charge on any atom is 0.168 e. The van der Waals surface area contributed by atoms with Crippen molar-refractivity contribution in [2.75, 3.05) is 32.1 Å². The molecule has 17 heavy (non-hydrogen) atoms. The van der Waals surface area contributed by atoms with Crippen LogP contribution < -0.4 is 15.4 Å². The average molecular weight is 258 g/mol. The van der Waals surface area contributed by atoms with E-state index < -0.39 is 0 Å². The van der Waals surface area contributed by atoms with E-state index in [1.807, 2.05) is 12.1 Å². The molecular weight excluding hydrogens is 238 g/mol. The Labute approximate surface area is 109 Å². The van der Waals surface area contributed by atoms with Crippen LogP contribution in [0.3, 0.4) is 0 Å². The Morgan fingerprint density at radius 1 is 1.47 bits per heavy atom. The highest BCUT2D eigenvalue weighted by atomic mass is 35.5. The lowest BCUT2D eigenvalue weighted by Crippen LogP contribution is -2.31. The molecule has 0 bridgehead atoms. The smallest absolute Gasteiger partial charge is 0.168 e. The maximum absolute atomic E-state index is 5.25. The molecule has 1 aliphatic rings. The number of hydrogen-bond donors (Lipinski definition) is 2. The van der Waals surface area contributed by atoms with E-state index in [4.69, 9.17) is 4.74 Å². The number of anilines is 1. The van der Waals surface area contributed by atoms with Crippen molar-refractivity contribution in [3.8, 4) is 5.75 Å². The van der Waals surface area contributed by atoms with Crippen LogP contribution in [-0.4, -0.2) is 31.7 Å². The molecule has 5 heteroatoms. The van der Waals surface area contributed by atoms with Gasteiger partial charge in [-0.05, 0) is 44.0 Å². The Bertz CT molecular complexity index is 329. The van der Waals surface area contributed by atoms with Gasteiger partial charge >= 0.3 is 0 Å². The van der Waals surface area contributed by atoms with Crippen LogP contribution >= 0.6 is 12.4 Å². The highest BCUT2D eigenvalue weighted by Crippen LogP contribution is 2.21. The molecule has 1 aliphatic heterocycles. The summed E-state index contributed by atoms with van der Waals surface area (Å²) in [7, 11) is 1.67. The zero-order chi connectivity index (χ0) is 11.2. The highest BCUT2D eigenvalue weighted by Gasteiger charge is 2.13. The number of rotatable bonds is 4. The molecule has 0 aromatic carbocycles. The quantitative estimate of drug-likeness (QED) is 0.865. The van der Waals surface area contributed by atoms with Gasteiger partial charge in [0.2, 0.25) is 0 Å². The van der Waals surface area contributed by atoms with Crippen LogP contribution in [0.25, 0.3) is 0 Å². The van der Waals surface area contributed by atoms with Gasteiger partial charge in [-0.15, -0.1) is 12.4 Å². The summed E-state index contributed by atoms with van der Waals surface area (Å²) < 4.78 is 5.25. The zero-order valence-electron chi connectivity index (χ0n) is 10.1. The van der Waals surface area contributed by atoms with Gasteiger partial charge in [-0.3, -0.25) is 0 Å². The van der Waals surface area contributed by atoms with E-state index in [9.17, 15) is 0 Å². The molecule has 0 unspecified atom stereocenters. The van der Waals surface area contributed by atoms with Crippen molar-refractivity contribution in [1.82, 2.24) is 10.3 Å². The van der Waals surface area contributed by atoms with Crippen LogP contribution in [0.5, 0.6) is 5.75 Å². The predicted molar refractivity (Wildman–Crippen MR) is 72.1 cm³/mol. The van der Waals surface area contributed by atoms with E-state index >= 15 is 0 Å². The van der Waals surface area contributed by atoms with Gasteiger partial charge in [0.1, 0.15) is 0 Å². The summed E-state index contributed by atoms with van der Waals surface area (Å²) in [4.78, 5) is 4.28. The van der Waals surface area contributed by atoms with E-state index in [1.54, 1.807) is 13.3 Å². The van der Waals surface area contributed by atoms with E-state index in [-0.39, 0.29) is 12.4 Å². The van der Waals surface area contributed by atoms with Crippen LogP contribution in [0, 0.1) is 5.92 Å². The molecule has 1 saturated heterocycles. The van der Waals surface area contributed by atoms with Crippen molar-refractivity contribution in [2.24, 2.45) is 5.92 Å². The molecule has 96 valence electrons. The number of pyridine rings is 1. The summed E-state index contributed by atoms with van der Waals surface area (Å²) in [5.41, 5.74) is 0. The van der Waals surface area contributed by atoms with Gasteiger partial charge < -0.3 is 15.4 Å². The number of methoxy groups -OCH3 is 1. The molecule has 0 spiro atoms. The predicted octanol–water partition coefficient (Wildman–Crippen LogP) is 1.92. The molecular formula is C12H20ClN3O. The Morgan fingerprint density at radius 2 is 2.24 bits per heavy atom. The Hall–Kier alpha value is -1.00. The topological polar surface area (TPSA) is 46.2 Å². The fourth-order valence-electron chi connectivity index (χ4n) is 2.01.